The smallest absolute Gasteiger partial charge is 0.357 e. The number of nitrogens with one attached hydrogen (secondary N) is 1. The maximum Gasteiger partial charge on any atom is 0.403 e. The van der Waals surface area contributed by atoms with Crippen LogP contribution < -0.4 is 5.32 Å². The van der Waals surface area contributed by atoms with Crippen LogP contribution in [0.4, 0.5) is 13.2 Å². The number of alkyl halides is 3. The quantitative estimate of drug-likeness (QED) is 0.443. The molecule has 0 saturated carbocycles. The first-order valence-corrected chi connectivity index (χ1v) is 10.0. The topological polar surface area (TPSA) is 68.2 Å². The highest BCUT2D eigenvalue weighted by Crippen LogP contribution is 2.25. The Bertz CT molecular complexity index is 784. The summed E-state index contributed by atoms with van der Waals surface area (Å²) in [4.78, 5) is 33.8. The Labute approximate surface area is 173 Å². The largest absolute Gasteiger partial charge is 0.403 e. The van der Waals surface area contributed by atoms with E-state index in [1.807, 2.05) is 11.8 Å². The normalized spacial score (nSPS) is 19.3. The summed E-state index contributed by atoms with van der Waals surface area (Å²) in [7, 11) is 0. The molecule has 0 aliphatic carbocycles. The number of amides is 2. The Hall–Kier alpha value is -2.62. The number of hydrogen-bond acceptors (Lipinski definition) is 4. The Balaban J connectivity index is 1.58. The van der Waals surface area contributed by atoms with Gasteiger partial charge in [0.25, 0.3) is 11.8 Å². The van der Waals surface area contributed by atoms with Crippen molar-refractivity contribution < 1.29 is 22.8 Å². The van der Waals surface area contributed by atoms with Crippen molar-refractivity contribution >= 4 is 17.8 Å². The van der Waals surface area contributed by atoms with E-state index >= 15 is 0 Å². The predicted octanol–water partition coefficient (Wildman–Crippen LogP) is 1.82. The van der Waals surface area contributed by atoms with Gasteiger partial charge in [-0.25, -0.2) is 0 Å². The van der Waals surface area contributed by atoms with Gasteiger partial charge in [0, 0.05) is 39.3 Å². The number of nitrogens with zero attached hydrogens (tertiary/aromatic N) is 4. The van der Waals surface area contributed by atoms with Crippen LogP contribution in [-0.2, 0) is 0 Å². The molecule has 1 fully saturated rings. The number of carbonyl (C=O) groups is 2. The number of benzene rings is 1. The molecule has 10 heteroatoms. The van der Waals surface area contributed by atoms with Crippen LogP contribution in [0.3, 0.4) is 0 Å². The minimum Gasteiger partial charge on any atom is -0.357 e. The van der Waals surface area contributed by atoms with Gasteiger partial charge in [-0.15, -0.1) is 0 Å². The summed E-state index contributed by atoms with van der Waals surface area (Å²) < 4.78 is 38.8. The lowest BCUT2D eigenvalue weighted by Crippen LogP contribution is -2.56. The second-order valence-corrected chi connectivity index (χ2v) is 7.28. The summed E-state index contributed by atoms with van der Waals surface area (Å²) >= 11 is 0. The van der Waals surface area contributed by atoms with Crippen LogP contribution in [0.2, 0.25) is 0 Å². The average molecular weight is 425 g/mol. The fourth-order valence-corrected chi connectivity index (χ4v) is 3.65. The number of aliphatic imine (C=N–C) groups is 1. The Morgan fingerprint density at radius 3 is 2.17 bits per heavy atom. The van der Waals surface area contributed by atoms with E-state index in [0.29, 0.717) is 36.7 Å². The maximum atomic E-state index is 12.9. The standard InChI is InChI=1S/C20H26F3N5O2/c1-3-24-19(27-12-10-26(11-13-27)14(2)20(21,22)23)25-8-9-28-17(29)15-6-4-5-7-16(15)18(28)30/h4-7,14H,3,8-13H2,1-2H3,(H,24,25). The molecule has 1 N–H and O–H groups in total. The Morgan fingerprint density at radius 1 is 1.10 bits per heavy atom. The van der Waals surface area contributed by atoms with E-state index in [0.717, 1.165) is 0 Å². The van der Waals surface area contributed by atoms with Crippen molar-refractivity contribution in [2.45, 2.75) is 26.1 Å². The van der Waals surface area contributed by atoms with Crippen molar-refractivity contribution in [2.75, 3.05) is 45.8 Å². The van der Waals surface area contributed by atoms with E-state index < -0.39 is 12.2 Å². The summed E-state index contributed by atoms with van der Waals surface area (Å²) in [6, 6.07) is 5.21. The minimum absolute atomic E-state index is 0.145. The third-order valence-corrected chi connectivity index (χ3v) is 5.43. The lowest BCUT2D eigenvalue weighted by Gasteiger charge is -2.39. The molecule has 2 aliphatic heterocycles. The van der Waals surface area contributed by atoms with Gasteiger partial charge in [-0.1, -0.05) is 12.1 Å². The monoisotopic (exact) mass is 425 g/mol. The number of rotatable bonds is 5. The Kier molecular flexibility index (Phi) is 6.64. The fraction of sp³-hybridized carbons (Fsp3) is 0.550. The van der Waals surface area contributed by atoms with Crippen molar-refractivity contribution in [3.05, 3.63) is 35.4 Å². The van der Waals surface area contributed by atoms with E-state index in [2.05, 4.69) is 10.3 Å². The van der Waals surface area contributed by atoms with Gasteiger partial charge in [0.2, 0.25) is 0 Å². The molecule has 1 unspecified atom stereocenters. The molecular weight excluding hydrogens is 399 g/mol. The molecule has 7 nitrogen and oxygen atoms in total. The molecule has 3 rings (SSSR count). The number of fused-ring (bicyclic) bond motifs is 1. The van der Waals surface area contributed by atoms with Gasteiger partial charge in [-0.3, -0.25) is 24.4 Å². The highest BCUT2D eigenvalue weighted by molar-refractivity contribution is 6.21. The highest BCUT2D eigenvalue weighted by atomic mass is 19.4. The number of carbonyl (C=O) groups excluding carboxylic acids is 2. The van der Waals surface area contributed by atoms with Crippen LogP contribution in [0.1, 0.15) is 34.6 Å². The molecule has 0 bridgehead atoms. The second-order valence-electron chi connectivity index (χ2n) is 7.28. The van der Waals surface area contributed by atoms with E-state index in [4.69, 9.17) is 0 Å². The van der Waals surface area contributed by atoms with Crippen LogP contribution in [-0.4, -0.2) is 90.5 Å². The molecule has 0 radical (unpaired) electrons. The lowest BCUT2D eigenvalue weighted by molar-refractivity contribution is -0.181. The second kappa shape index (κ2) is 9.03. The molecule has 0 aromatic heterocycles. The number of imide groups is 1. The Morgan fingerprint density at radius 2 is 1.67 bits per heavy atom. The van der Waals surface area contributed by atoms with Crippen molar-refractivity contribution in [1.82, 2.24) is 20.0 Å². The van der Waals surface area contributed by atoms with Gasteiger partial charge in [-0.05, 0) is 26.0 Å². The summed E-state index contributed by atoms with van der Waals surface area (Å²) in [6.45, 7) is 5.44. The van der Waals surface area contributed by atoms with Crippen molar-refractivity contribution in [2.24, 2.45) is 4.99 Å². The van der Waals surface area contributed by atoms with Gasteiger partial charge < -0.3 is 10.2 Å². The molecular formula is C20H26F3N5O2. The van der Waals surface area contributed by atoms with Crippen LogP contribution in [0.15, 0.2) is 29.3 Å². The van der Waals surface area contributed by atoms with Crippen LogP contribution in [0.25, 0.3) is 0 Å². The van der Waals surface area contributed by atoms with Gasteiger partial charge >= 0.3 is 6.18 Å². The van der Waals surface area contributed by atoms with Crippen LogP contribution in [0.5, 0.6) is 0 Å². The zero-order valence-electron chi connectivity index (χ0n) is 17.1. The molecule has 1 saturated heterocycles. The summed E-state index contributed by atoms with van der Waals surface area (Å²) in [6.07, 6.45) is -4.24. The molecule has 2 heterocycles. The first kappa shape index (κ1) is 22.1. The minimum atomic E-state index is -4.24. The molecule has 30 heavy (non-hydrogen) atoms. The SMILES string of the molecule is CCNC(=NCCN1C(=O)c2ccccc2C1=O)N1CCN(C(C)C(F)(F)F)CC1. The van der Waals surface area contributed by atoms with E-state index in [1.165, 1.54) is 16.7 Å². The summed E-state index contributed by atoms with van der Waals surface area (Å²) in [5, 5.41) is 3.14. The molecule has 2 amide bonds. The summed E-state index contributed by atoms with van der Waals surface area (Å²) in [5.41, 5.74) is 0.793. The molecule has 1 atom stereocenters. The average Bonchev–Trinajstić information content (AvgIpc) is 2.97. The third-order valence-electron chi connectivity index (χ3n) is 5.43. The lowest BCUT2D eigenvalue weighted by atomic mass is 10.1. The molecule has 1 aromatic rings. The van der Waals surface area contributed by atoms with Crippen LogP contribution >= 0.6 is 0 Å². The predicted molar refractivity (Wildman–Crippen MR) is 106 cm³/mol. The fourth-order valence-electron chi connectivity index (χ4n) is 3.65. The number of halogens is 3. The first-order valence-electron chi connectivity index (χ1n) is 10.0. The summed E-state index contributed by atoms with van der Waals surface area (Å²) in [5.74, 6) is -0.0791. The first-order chi connectivity index (χ1) is 14.2. The number of guanidine groups is 1. The van der Waals surface area contributed by atoms with Crippen molar-refractivity contribution in [3.63, 3.8) is 0 Å². The molecule has 2 aliphatic rings. The molecule has 1 aromatic carbocycles. The maximum absolute atomic E-state index is 12.9. The van der Waals surface area contributed by atoms with E-state index in [1.54, 1.807) is 24.3 Å². The zero-order chi connectivity index (χ0) is 21.9. The zero-order valence-corrected chi connectivity index (χ0v) is 17.1. The third kappa shape index (κ3) is 4.58. The van der Waals surface area contributed by atoms with E-state index in [9.17, 15) is 22.8 Å². The highest BCUT2D eigenvalue weighted by Gasteiger charge is 2.41. The van der Waals surface area contributed by atoms with E-state index in [-0.39, 0.29) is 38.0 Å². The van der Waals surface area contributed by atoms with Crippen LogP contribution in [0, 0.1) is 0 Å². The molecule has 164 valence electrons. The number of hydrogen-bond donors (Lipinski definition) is 1. The van der Waals surface area contributed by atoms with Crippen molar-refractivity contribution in [1.29, 1.82) is 0 Å². The van der Waals surface area contributed by atoms with Gasteiger partial charge in [0.05, 0.1) is 17.7 Å². The van der Waals surface area contributed by atoms with Crippen molar-refractivity contribution in [3.8, 4) is 0 Å². The van der Waals surface area contributed by atoms with Gasteiger partial charge in [-0.2, -0.15) is 13.2 Å². The number of piperazine rings is 1. The van der Waals surface area contributed by atoms with Gasteiger partial charge in [0.1, 0.15) is 6.04 Å². The molecule has 0 spiro atoms. The van der Waals surface area contributed by atoms with Gasteiger partial charge in [0.15, 0.2) is 5.96 Å².